The minimum Gasteiger partial charge on any atom is -0.381 e. The summed E-state index contributed by atoms with van der Waals surface area (Å²) in [6, 6.07) is 13.0. The van der Waals surface area contributed by atoms with Crippen LogP contribution in [-0.4, -0.2) is 163 Å². The predicted octanol–water partition coefficient (Wildman–Crippen LogP) is 5.54. The van der Waals surface area contributed by atoms with Gasteiger partial charge in [-0.15, -0.1) is 0 Å². The normalized spacial score (nSPS) is 19.5. The first-order valence-electron chi connectivity index (χ1n) is 25.0. The Morgan fingerprint density at radius 2 is 1.21 bits per heavy atom. The van der Waals surface area contributed by atoms with Crippen molar-refractivity contribution in [1.29, 1.82) is 10.5 Å². The standard InChI is InChI=1S/C27H33N7O4.C26H29F2N7O3/c1-32-8-9-34(26(36)16-32)15-19-5-7-25(30-23(19)17-35)33(2)27(37)31-24-12-20(21(13-28)14-29-24)10-18-4-6-22(11-18)38-3;1-33-7-8-35(24(37)15-33)14-18-3-4-23(31-21(18)16-36)34(2)25(38)32-22-10-19(20(12-29)13-30-22)9-17-5-6-26(27,28)11-17/h5,7,12,14,17-18,22H,4,6,8-11,15-16H2,1-3H3,(H,29,31,37);3-4,10,13,16-17H,5-9,11,14-15H2,1-2H3,(H,30,32,38). The van der Waals surface area contributed by atoms with E-state index in [1.165, 1.54) is 35.3 Å². The number of ether oxygens (including phenoxy) is 1. The van der Waals surface area contributed by atoms with Crippen LogP contribution in [0.1, 0.15) is 92.9 Å². The average Bonchev–Trinajstić information content (AvgIpc) is 4.02. The molecule has 8 rings (SSSR count). The highest BCUT2D eigenvalue weighted by Crippen LogP contribution is 2.41. The van der Waals surface area contributed by atoms with Crippen LogP contribution in [0.5, 0.6) is 0 Å². The van der Waals surface area contributed by atoms with Crippen LogP contribution >= 0.6 is 0 Å². The van der Waals surface area contributed by atoms with Crippen molar-refractivity contribution in [2.75, 3.05) is 95.0 Å². The highest BCUT2D eigenvalue weighted by Gasteiger charge is 2.39. The van der Waals surface area contributed by atoms with Gasteiger partial charge in [-0.05, 0) is 99.8 Å². The van der Waals surface area contributed by atoms with Gasteiger partial charge in [-0.1, -0.05) is 12.1 Å². The van der Waals surface area contributed by atoms with Crippen LogP contribution in [0, 0.1) is 34.5 Å². The number of likely N-dealkylation sites (N-methyl/N-ethyl adjacent to an activating group) is 2. The number of aromatic nitrogens is 4. The number of halogens is 2. The molecule has 400 valence electrons. The van der Waals surface area contributed by atoms with E-state index in [4.69, 9.17) is 4.74 Å². The van der Waals surface area contributed by atoms with E-state index in [0.717, 1.165) is 37.9 Å². The Hall–Kier alpha value is -7.86. The molecule has 6 heterocycles. The molecule has 6 amide bonds. The summed E-state index contributed by atoms with van der Waals surface area (Å²) in [6.45, 7) is 3.78. The number of hydrogen-bond acceptors (Lipinski definition) is 15. The maximum Gasteiger partial charge on any atom is 0.328 e. The van der Waals surface area contributed by atoms with E-state index in [9.17, 15) is 48.1 Å². The van der Waals surface area contributed by atoms with Gasteiger partial charge in [0.25, 0.3) is 0 Å². The van der Waals surface area contributed by atoms with Crippen LogP contribution in [0.25, 0.3) is 0 Å². The van der Waals surface area contributed by atoms with E-state index in [1.54, 1.807) is 54.3 Å². The summed E-state index contributed by atoms with van der Waals surface area (Å²) in [4.78, 5) is 101. The van der Waals surface area contributed by atoms with E-state index in [2.05, 4.69) is 36.6 Å². The molecule has 2 saturated heterocycles. The molecule has 4 fully saturated rings. The minimum absolute atomic E-state index is 0.00287. The molecule has 2 saturated carbocycles. The summed E-state index contributed by atoms with van der Waals surface area (Å²) in [7, 11) is 8.50. The molecule has 76 heavy (non-hydrogen) atoms. The van der Waals surface area contributed by atoms with Crippen LogP contribution in [0.3, 0.4) is 0 Å². The van der Waals surface area contributed by atoms with Crippen molar-refractivity contribution in [1.82, 2.24) is 39.5 Å². The van der Waals surface area contributed by atoms with Crippen LogP contribution in [0.15, 0.2) is 48.8 Å². The number of amides is 6. The topological polar surface area (TPSA) is 254 Å². The number of methoxy groups -OCH3 is 1. The van der Waals surface area contributed by atoms with Gasteiger partial charge in [-0.2, -0.15) is 10.5 Å². The molecule has 4 aromatic rings. The maximum absolute atomic E-state index is 13.6. The molecule has 23 heteroatoms. The second-order valence-electron chi connectivity index (χ2n) is 19.8. The molecule has 2 aliphatic carbocycles. The molecule has 0 aromatic carbocycles. The number of nitrogens with zero attached hydrogens (tertiary/aromatic N) is 12. The molecular weight excluding hydrogens is 983 g/mol. The number of pyridine rings is 4. The molecule has 0 bridgehead atoms. The Morgan fingerprint density at radius 3 is 1.61 bits per heavy atom. The molecule has 4 aromatic heterocycles. The number of nitrogens with one attached hydrogen (secondary N) is 2. The second kappa shape index (κ2) is 25.1. The number of hydrogen-bond donors (Lipinski definition) is 2. The fourth-order valence-corrected chi connectivity index (χ4v) is 9.76. The number of rotatable bonds is 15. The Balaban J connectivity index is 0.000000221. The SMILES string of the molecule is CN1CCN(Cc2ccc(N(C)C(=O)Nc3cc(CC4CCC(F)(F)C4)c(C#N)cn3)nc2C=O)C(=O)C1.COC1CCC(Cc2cc(NC(=O)N(C)c3ccc(CN4CCN(C)CC4=O)c(C=O)n3)ncc2C#N)C1. The summed E-state index contributed by atoms with van der Waals surface area (Å²) in [5, 5.41) is 24.3. The first-order valence-corrected chi connectivity index (χ1v) is 25.0. The highest BCUT2D eigenvalue weighted by atomic mass is 19.3. The number of anilines is 4. The number of piperazine rings is 2. The first-order chi connectivity index (χ1) is 36.4. The Kier molecular flexibility index (Phi) is 18.5. The lowest BCUT2D eigenvalue weighted by atomic mass is 9.95. The summed E-state index contributed by atoms with van der Waals surface area (Å²) in [6.07, 6.45) is 8.22. The van der Waals surface area contributed by atoms with Crippen molar-refractivity contribution in [2.24, 2.45) is 11.8 Å². The maximum atomic E-state index is 13.6. The summed E-state index contributed by atoms with van der Waals surface area (Å²) < 4.78 is 32.7. The van der Waals surface area contributed by atoms with Crippen molar-refractivity contribution in [3.8, 4) is 12.1 Å². The molecule has 0 spiro atoms. The predicted molar refractivity (Wildman–Crippen MR) is 276 cm³/mol. The summed E-state index contributed by atoms with van der Waals surface area (Å²) in [5.41, 5.74) is 3.66. The van der Waals surface area contributed by atoms with Crippen molar-refractivity contribution < 1.29 is 42.3 Å². The molecule has 4 aliphatic rings. The van der Waals surface area contributed by atoms with Crippen molar-refractivity contribution in [3.05, 3.63) is 93.6 Å². The summed E-state index contributed by atoms with van der Waals surface area (Å²) >= 11 is 0. The molecule has 3 unspecified atom stereocenters. The van der Waals surface area contributed by atoms with Gasteiger partial charge in [0.2, 0.25) is 17.7 Å². The molecule has 2 N–H and O–H groups in total. The van der Waals surface area contributed by atoms with Gasteiger partial charge in [0.1, 0.15) is 46.8 Å². The van der Waals surface area contributed by atoms with Crippen molar-refractivity contribution >= 4 is 59.7 Å². The van der Waals surface area contributed by atoms with Gasteiger partial charge in [0, 0.05) is 96.8 Å². The molecule has 21 nitrogen and oxygen atoms in total. The van der Waals surface area contributed by atoms with Gasteiger partial charge < -0.3 is 14.5 Å². The lowest BCUT2D eigenvalue weighted by Crippen LogP contribution is -2.48. The Morgan fingerprint density at radius 1 is 0.737 bits per heavy atom. The van der Waals surface area contributed by atoms with Gasteiger partial charge >= 0.3 is 12.1 Å². The highest BCUT2D eigenvalue weighted by molar-refractivity contribution is 6.01. The Labute approximate surface area is 439 Å². The number of carbonyl (C=O) groups excluding carboxylic acids is 6. The number of carbonyl (C=O) groups is 6. The monoisotopic (exact) mass is 1040 g/mol. The van der Waals surface area contributed by atoms with Gasteiger partial charge in [-0.25, -0.2) is 38.3 Å². The van der Waals surface area contributed by atoms with Gasteiger partial charge in [-0.3, -0.25) is 49.4 Å². The van der Waals surface area contributed by atoms with Crippen LogP contribution < -0.4 is 20.4 Å². The van der Waals surface area contributed by atoms with Gasteiger partial charge in [0.05, 0.1) is 30.3 Å². The van der Waals surface area contributed by atoms with E-state index in [-0.39, 0.29) is 84.2 Å². The zero-order valence-electron chi connectivity index (χ0n) is 43.3. The number of alkyl halides is 2. The zero-order valence-corrected chi connectivity index (χ0v) is 43.3. The van der Waals surface area contributed by atoms with Crippen LogP contribution in [-0.2, 0) is 40.3 Å². The molecule has 3 atom stereocenters. The third-order valence-electron chi connectivity index (χ3n) is 14.3. The van der Waals surface area contributed by atoms with Crippen LogP contribution in [0.2, 0.25) is 0 Å². The zero-order chi connectivity index (χ0) is 54.7. The van der Waals surface area contributed by atoms with E-state index in [0.29, 0.717) is 92.0 Å². The molecular formula is C53H62F2N14O7. The smallest absolute Gasteiger partial charge is 0.328 e. The fraction of sp³-hybridized carbons (Fsp3) is 0.472. The van der Waals surface area contributed by atoms with E-state index < -0.39 is 18.0 Å². The lowest BCUT2D eigenvalue weighted by Gasteiger charge is -2.32. The van der Waals surface area contributed by atoms with Crippen molar-refractivity contribution in [2.45, 2.75) is 76.5 Å². The third kappa shape index (κ3) is 14.3. The largest absolute Gasteiger partial charge is 0.381 e. The van der Waals surface area contributed by atoms with E-state index >= 15 is 0 Å². The number of aldehydes is 2. The Bertz CT molecular complexity index is 2910. The quantitative estimate of drug-likeness (QED) is 0.139. The van der Waals surface area contributed by atoms with Gasteiger partial charge in [0.15, 0.2) is 12.6 Å². The third-order valence-corrected chi connectivity index (χ3v) is 14.3. The fourth-order valence-electron chi connectivity index (χ4n) is 9.76. The first kappa shape index (κ1) is 55.9. The number of urea groups is 2. The summed E-state index contributed by atoms with van der Waals surface area (Å²) in [5.74, 6) is -1.58. The second-order valence-corrected chi connectivity index (χ2v) is 19.8. The van der Waals surface area contributed by atoms with Crippen LogP contribution in [0.4, 0.5) is 41.6 Å². The molecule has 0 radical (unpaired) electrons. The number of nitriles is 2. The van der Waals surface area contributed by atoms with E-state index in [1.807, 2.05) is 30.0 Å². The van der Waals surface area contributed by atoms with Crippen molar-refractivity contribution in [3.63, 3.8) is 0 Å². The lowest BCUT2D eigenvalue weighted by molar-refractivity contribution is -0.136. The minimum atomic E-state index is -2.69. The average molecular weight is 1050 g/mol. The molecule has 2 aliphatic heterocycles.